The molecule has 0 heterocycles. The maximum Gasteiger partial charge on any atom is 0.472 e. The van der Waals surface area contributed by atoms with Crippen molar-refractivity contribution in [3.63, 3.8) is 0 Å². The van der Waals surface area contributed by atoms with Crippen LogP contribution < -0.4 is 0 Å². The van der Waals surface area contributed by atoms with Crippen molar-refractivity contribution in [3.05, 3.63) is 48.6 Å². The Kier molecular flexibility index (Phi) is 44.6. The number of allylic oxidation sites excluding steroid dienone is 8. The lowest BCUT2D eigenvalue weighted by Gasteiger charge is -2.24. The van der Waals surface area contributed by atoms with Crippen LogP contribution in [0.25, 0.3) is 0 Å². The normalized spacial score (nSPS) is 13.8. The van der Waals surface area contributed by atoms with Crippen LogP contribution in [0.5, 0.6) is 0 Å². The molecule has 0 aromatic carbocycles. The molecule has 0 saturated carbocycles. The van der Waals surface area contributed by atoms with Gasteiger partial charge in [-0.3, -0.25) is 18.6 Å². The molecule has 9 nitrogen and oxygen atoms in total. The van der Waals surface area contributed by atoms with Crippen molar-refractivity contribution in [3.8, 4) is 0 Å². The van der Waals surface area contributed by atoms with E-state index in [1.54, 1.807) is 0 Å². The molecule has 0 rings (SSSR count). The fourth-order valence-electron chi connectivity index (χ4n) is 7.19. The molecule has 1 N–H and O–H groups in total. The second-order valence-corrected chi connectivity index (χ2v) is 20.4. The summed E-state index contributed by atoms with van der Waals surface area (Å²) in [7, 11) is 1.47. The monoisotopic (exact) mass is 923 g/mol. The van der Waals surface area contributed by atoms with E-state index in [4.69, 9.17) is 18.5 Å². The molecular formula is C54H101NO8P+. The van der Waals surface area contributed by atoms with Gasteiger partial charge in [0.15, 0.2) is 6.10 Å². The number of phosphoric acid groups is 1. The fraction of sp³-hybridized carbons (Fsp3) is 0.815. The van der Waals surface area contributed by atoms with Gasteiger partial charge in [0.05, 0.1) is 27.7 Å². The molecule has 0 fully saturated rings. The molecule has 10 heteroatoms. The Morgan fingerprint density at radius 3 is 1.27 bits per heavy atom. The highest BCUT2D eigenvalue weighted by atomic mass is 31.2. The fourth-order valence-corrected chi connectivity index (χ4v) is 7.93. The van der Waals surface area contributed by atoms with Crippen molar-refractivity contribution in [1.29, 1.82) is 0 Å². The number of rotatable bonds is 48. The zero-order valence-corrected chi connectivity index (χ0v) is 43.2. The number of hydrogen-bond donors (Lipinski definition) is 1. The third-order valence-corrected chi connectivity index (χ3v) is 12.3. The summed E-state index contributed by atoms with van der Waals surface area (Å²) in [5.74, 6) is -0.810. The van der Waals surface area contributed by atoms with Gasteiger partial charge in [0.1, 0.15) is 19.8 Å². The minimum absolute atomic E-state index is 0.0277. The maximum absolute atomic E-state index is 12.8. The molecule has 0 aliphatic carbocycles. The maximum atomic E-state index is 12.8. The summed E-state index contributed by atoms with van der Waals surface area (Å²) < 4.78 is 34.5. The average molecular weight is 923 g/mol. The largest absolute Gasteiger partial charge is 0.472 e. The first-order chi connectivity index (χ1) is 31.0. The van der Waals surface area contributed by atoms with Crippen LogP contribution in [0.1, 0.15) is 232 Å². The predicted molar refractivity (Wildman–Crippen MR) is 270 cm³/mol. The summed E-state index contributed by atoms with van der Waals surface area (Å²) in [6.45, 7) is 4.41. The highest BCUT2D eigenvalue weighted by Crippen LogP contribution is 2.43. The Morgan fingerprint density at radius 1 is 0.484 bits per heavy atom. The minimum Gasteiger partial charge on any atom is -0.462 e. The van der Waals surface area contributed by atoms with Gasteiger partial charge in [-0.1, -0.05) is 191 Å². The van der Waals surface area contributed by atoms with Crippen molar-refractivity contribution in [1.82, 2.24) is 0 Å². The lowest BCUT2D eigenvalue weighted by molar-refractivity contribution is -0.870. The molecule has 0 amide bonds. The van der Waals surface area contributed by atoms with Gasteiger partial charge in [-0.15, -0.1) is 0 Å². The molecular weight excluding hydrogens is 822 g/mol. The first kappa shape index (κ1) is 62.0. The third kappa shape index (κ3) is 49.4. The molecule has 0 saturated heterocycles. The van der Waals surface area contributed by atoms with Gasteiger partial charge in [-0.05, 0) is 77.0 Å². The number of hydrogen-bond acceptors (Lipinski definition) is 7. The summed E-state index contributed by atoms with van der Waals surface area (Å²) in [6, 6.07) is 0. The lowest BCUT2D eigenvalue weighted by Crippen LogP contribution is -2.37. The molecule has 0 aromatic rings. The summed E-state index contributed by atoms with van der Waals surface area (Å²) in [5.41, 5.74) is 0. The smallest absolute Gasteiger partial charge is 0.462 e. The van der Waals surface area contributed by atoms with Crippen molar-refractivity contribution >= 4 is 19.8 Å². The quantitative estimate of drug-likeness (QED) is 0.0211. The molecule has 2 atom stereocenters. The van der Waals surface area contributed by atoms with Gasteiger partial charge in [-0.25, -0.2) is 4.57 Å². The van der Waals surface area contributed by atoms with Gasteiger partial charge in [0.25, 0.3) is 0 Å². The van der Waals surface area contributed by atoms with Crippen LogP contribution in [0.2, 0.25) is 0 Å². The van der Waals surface area contributed by atoms with E-state index in [1.165, 1.54) is 128 Å². The number of nitrogens with zero attached hydrogens (tertiary/aromatic N) is 1. The number of likely N-dealkylation sites (N-methyl/N-ethyl adjacent to an activating group) is 1. The van der Waals surface area contributed by atoms with Crippen LogP contribution in [0, 0.1) is 0 Å². The molecule has 0 aliphatic rings. The van der Waals surface area contributed by atoms with E-state index in [1.807, 2.05) is 21.1 Å². The van der Waals surface area contributed by atoms with Crippen molar-refractivity contribution in [2.75, 3.05) is 47.5 Å². The van der Waals surface area contributed by atoms with E-state index < -0.39 is 26.5 Å². The Balaban J connectivity index is 4.28. The van der Waals surface area contributed by atoms with E-state index in [2.05, 4.69) is 62.5 Å². The number of carbonyl (C=O) groups is 2. The molecule has 2 unspecified atom stereocenters. The van der Waals surface area contributed by atoms with Crippen LogP contribution in [-0.4, -0.2) is 74.9 Å². The van der Waals surface area contributed by atoms with Crippen LogP contribution in [0.15, 0.2) is 48.6 Å². The van der Waals surface area contributed by atoms with E-state index in [-0.39, 0.29) is 32.0 Å². The molecule has 0 aliphatic heterocycles. The zero-order chi connectivity index (χ0) is 47.1. The first-order valence-electron chi connectivity index (χ1n) is 26.4. The van der Waals surface area contributed by atoms with Gasteiger partial charge in [0.2, 0.25) is 0 Å². The molecule has 64 heavy (non-hydrogen) atoms. The highest BCUT2D eigenvalue weighted by Gasteiger charge is 2.27. The zero-order valence-electron chi connectivity index (χ0n) is 42.3. The topological polar surface area (TPSA) is 108 Å². The Bertz CT molecular complexity index is 1230. The second-order valence-electron chi connectivity index (χ2n) is 18.9. The summed E-state index contributed by atoms with van der Waals surface area (Å²) in [5, 5.41) is 0. The molecule has 0 radical (unpaired) electrons. The number of quaternary nitrogens is 1. The third-order valence-electron chi connectivity index (χ3n) is 11.3. The van der Waals surface area contributed by atoms with Crippen LogP contribution >= 0.6 is 7.82 Å². The second kappa shape index (κ2) is 46.1. The van der Waals surface area contributed by atoms with Gasteiger partial charge >= 0.3 is 19.8 Å². The van der Waals surface area contributed by atoms with E-state index >= 15 is 0 Å². The number of phosphoric ester groups is 1. The summed E-state index contributed by atoms with van der Waals surface area (Å²) >= 11 is 0. The SMILES string of the molecule is CCCCCCC/C=C\C/C=C\C/C=C\CCCCCCCCC(=O)OC(COC(=O)CCCCCCCCCCC/C=C\CCCCCCCC)COP(=O)(O)OCC[N+](C)(C)C. The number of esters is 2. The summed E-state index contributed by atoms with van der Waals surface area (Å²) in [4.78, 5) is 35.6. The Morgan fingerprint density at radius 2 is 0.844 bits per heavy atom. The number of ether oxygens (including phenoxy) is 2. The van der Waals surface area contributed by atoms with Crippen molar-refractivity contribution < 1.29 is 42.1 Å². The highest BCUT2D eigenvalue weighted by molar-refractivity contribution is 7.47. The van der Waals surface area contributed by atoms with E-state index in [0.29, 0.717) is 17.4 Å². The van der Waals surface area contributed by atoms with Crippen LogP contribution in [0.4, 0.5) is 0 Å². The van der Waals surface area contributed by atoms with E-state index in [9.17, 15) is 19.0 Å². The molecule has 0 spiro atoms. The molecule has 374 valence electrons. The van der Waals surface area contributed by atoms with Crippen LogP contribution in [0.3, 0.4) is 0 Å². The van der Waals surface area contributed by atoms with Crippen LogP contribution in [-0.2, 0) is 32.7 Å². The molecule has 0 aromatic heterocycles. The average Bonchev–Trinajstić information content (AvgIpc) is 3.25. The lowest BCUT2D eigenvalue weighted by atomic mass is 10.1. The van der Waals surface area contributed by atoms with Gasteiger partial charge in [0, 0.05) is 12.8 Å². The standard InChI is InChI=1S/C54H100NO8P/c1-6-8-10-12-14-16-18-20-22-24-26-27-29-31-33-35-37-39-41-43-45-47-54(57)63-52(51-62-64(58,59)61-49-48-55(3,4)5)50-60-53(56)46-44-42-40-38-36-34-32-30-28-25-23-21-19-17-15-13-11-9-7-2/h18,20-21,23-24,26,29,31,52H,6-17,19,22,25,27-28,30,32-51H2,1-5H3/p+1/b20-18-,23-21-,26-24-,31-29-. The molecule has 0 bridgehead atoms. The number of carbonyl (C=O) groups excluding carboxylic acids is 2. The first-order valence-corrected chi connectivity index (χ1v) is 27.9. The van der Waals surface area contributed by atoms with Gasteiger partial charge < -0.3 is 18.9 Å². The predicted octanol–water partition coefficient (Wildman–Crippen LogP) is 15.8. The van der Waals surface area contributed by atoms with Gasteiger partial charge in [-0.2, -0.15) is 0 Å². The summed E-state index contributed by atoms with van der Waals surface area (Å²) in [6.07, 6.45) is 55.9. The van der Waals surface area contributed by atoms with Crippen molar-refractivity contribution in [2.24, 2.45) is 0 Å². The Labute approximate surface area is 394 Å². The van der Waals surface area contributed by atoms with Crippen molar-refractivity contribution in [2.45, 2.75) is 238 Å². The Hall–Kier alpha value is -2.03. The minimum atomic E-state index is -4.39. The number of unbranched alkanes of at least 4 members (excludes halogenated alkanes) is 26. The van der Waals surface area contributed by atoms with E-state index in [0.717, 1.165) is 70.6 Å².